The molecule has 0 spiro atoms. The molecular formula is C14H18N8O2. The van der Waals surface area contributed by atoms with E-state index in [-0.39, 0.29) is 17.3 Å². The molecule has 0 saturated carbocycles. The number of nitrogens with one attached hydrogen (secondary N) is 2. The van der Waals surface area contributed by atoms with Crippen LogP contribution < -0.4 is 10.7 Å². The normalized spacial score (nSPS) is 15.9. The highest BCUT2D eigenvalue weighted by Gasteiger charge is 2.25. The number of nitro groups is 1. The summed E-state index contributed by atoms with van der Waals surface area (Å²) in [6.07, 6.45) is 4.49. The quantitative estimate of drug-likeness (QED) is 0.614. The topological polar surface area (TPSA) is 112 Å². The van der Waals surface area contributed by atoms with Gasteiger partial charge in [-0.1, -0.05) is 0 Å². The molecule has 1 fully saturated rings. The van der Waals surface area contributed by atoms with Crippen molar-refractivity contribution < 1.29 is 4.92 Å². The summed E-state index contributed by atoms with van der Waals surface area (Å²) >= 11 is 0. The number of aromatic nitrogens is 3. The lowest BCUT2D eigenvalue weighted by molar-refractivity contribution is -0.383. The number of hydrogen-bond acceptors (Lipinski definition) is 9. The zero-order valence-corrected chi connectivity index (χ0v) is 13.2. The molecule has 1 saturated heterocycles. The van der Waals surface area contributed by atoms with E-state index in [0.29, 0.717) is 5.69 Å². The van der Waals surface area contributed by atoms with Crippen molar-refractivity contribution in [2.45, 2.75) is 0 Å². The van der Waals surface area contributed by atoms with E-state index in [9.17, 15) is 10.1 Å². The molecular weight excluding hydrogens is 312 g/mol. The minimum atomic E-state index is -0.484. The van der Waals surface area contributed by atoms with E-state index in [2.05, 4.69) is 30.6 Å². The lowest BCUT2D eigenvalue weighted by Crippen LogP contribution is -2.47. The first-order valence-electron chi connectivity index (χ1n) is 7.50. The van der Waals surface area contributed by atoms with Crippen LogP contribution in [-0.2, 0) is 0 Å². The molecule has 0 amide bonds. The molecule has 1 aliphatic rings. The summed E-state index contributed by atoms with van der Waals surface area (Å²) in [5.41, 5.74) is 3.52. The molecule has 2 aromatic rings. The van der Waals surface area contributed by atoms with Crippen molar-refractivity contribution in [2.24, 2.45) is 0 Å². The fourth-order valence-corrected chi connectivity index (χ4v) is 2.36. The van der Waals surface area contributed by atoms with Gasteiger partial charge in [0.15, 0.2) is 0 Å². The number of piperazine rings is 1. The number of rotatable bonds is 5. The minimum Gasteiger partial charge on any atom is -0.334 e. The van der Waals surface area contributed by atoms with Gasteiger partial charge in [0.05, 0.1) is 4.92 Å². The van der Waals surface area contributed by atoms with Crippen molar-refractivity contribution in [3.8, 4) is 0 Å². The molecule has 0 unspecified atom stereocenters. The molecule has 3 heterocycles. The predicted octanol–water partition coefficient (Wildman–Crippen LogP) is 1.10. The van der Waals surface area contributed by atoms with Gasteiger partial charge in [0, 0.05) is 44.3 Å². The Morgan fingerprint density at radius 2 is 1.79 bits per heavy atom. The van der Waals surface area contributed by atoms with Crippen molar-refractivity contribution in [3.05, 3.63) is 41.0 Å². The Labute approximate surface area is 138 Å². The maximum absolute atomic E-state index is 11.5. The van der Waals surface area contributed by atoms with Gasteiger partial charge in [-0.05, 0) is 19.2 Å². The van der Waals surface area contributed by atoms with Crippen LogP contribution in [0.4, 0.5) is 23.0 Å². The molecule has 0 atom stereocenters. The largest absolute Gasteiger partial charge is 0.354 e. The number of anilines is 3. The van der Waals surface area contributed by atoms with Crippen LogP contribution in [0.15, 0.2) is 30.9 Å². The van der Waals surface area contributed by atoms with Gasteiger partial charge < -0.3 is 10.2 Å². The average Bonchev–Trinajstić information content (AvgIpc) is 2.58. The van der Waals surface area contributed by atoms with Gasteiger partial charge in [-0.15, -0.1) is 0 Å². The summed E-state index contributed by atoms with van der Waals surface area (Å²) in [6, 6.07) is 3.42. The monoisotopic (exact) mass is 330 g/mol. The van der Waals surface area contributed by atoms with Crippen LogP contribution in [0.2, 0.25) is 0 Å². The van der Waals surface area contributed by atoms with Crippen LogP contribution in [-0.4, -0.2) is 63.0 Å². The van der Waals surface area contributed by atoms with Crippen LogP contribution in [0.1, 0.15) is 0 Å². The molecule has 1 aliphatic heterocycles. The van der Waals surface area contributed by atoms with Crippen molar-refractivity contribution in [1.29, 1.82) is 0 Å². The number of likely N-dealkylation sites (N-methyl/N-ethyl adjacent to an activating group) is 1. The summed E-state index contributed by atoms with van der Waals surface area (Å²) in [5.74, 6) is 0.314. The fraction of sp³-hybridized carbons (Fsp3) is 0.357. The fourth-order valence-electron chi connectivity index (χ4n) is 2.36. The minimum absolute atomic E-state index is 0.137. The van der Waals surface area contributed by atoms with E-state index in [1.807, 2.05) is 12.1 Å². The summed E-state index contributed by atoms with van der Waals surface area (Å²) < 4.78 is 0. The van der Waals surface area contributed by atoms with Gasteiger partial charge in [-0.25, -0.2) is 15.0 Å². The maximum Gasteiger partial charge on any atom is 0.354 e. The molecule has 3 rings (SSSR count). The van der Waals surface area contributed by atoms with E-state index in [4.69, 9.17) is 0 Å². The van der Waals surface area contributed by atoms with Crippen molar-refractivity contribution >= 4 is 23.0 Å². The second-order valence-electron chi connectivity index (χ2n) is 5.44. The van der Waals surface area contributed by atoms with E-state index in [0.717, 1.165) is 26.2 Å². The third kappa shape index (κ3) is 3.73. The van der Waals surface area contributed by atoms with Crippen molar-refractivity contribution in [1.82, 2.24) is 24.9 Å². The average molecular weight is 330 g/mol. The molecule has 0 aliphatic carbocycles. The van der Waals surface area contributed by atoms with E-state index >= 15 is 0 Å². The van der Waals surface area contributed by atoms with Crippen LogP contribution >= 0.6 is 0 Å². The summed E-state index contributed by atoms with van der Waals surface area (Å²) in [6.45, 7) is 3.28. The van der Waals surface area contributed by atoms with Gasteiger partial charge in [0.1, 0.15) is 6.33 Å². The highest BCUT2D eigenvalue weighted by molar-refractivity contribution is 5.73. The van der Waals surface area contributed by atoms with Crippen LogP contribution in [0, 0.1) is 10.1 Å². The first kappa shape index (κ1) is 16.0. The Bertz CT molecular complexity index is 703. The molecule has 0 aromatic carbocycles. The Morgan fingerprint density at radius 1 is 1.12 bits per heavy atom. The Balaban J connectivity index is 1.84. The highest BCUT2D eigenvalue weighted by Crippen LogP contribution is 2.31. The van der Waals surface area contributed by atoms with Gasteiger partial charge in [-0.2, -0.15) is 0 Å². The van der Waals surface area contributed by atoms with E-state index in [1.54, 1.807) is 24.5 Å². The van der Waals surface area contributed by atoms with Gasteiger partial charge in [-0.3, -0.25) is 20.5 Å². The molecule has 0 bridgehead atoms. The zero-order chi connectivity index (χ0) is 16.9. The molecule has 126 valence electrons. The smallest absolute Gasteiger partial charge is 0.334 e. The molecule has 0 radical (unpaired) electrons. The standard InChI is InChI=1S/C14H18N8O2/c1-20-6-8-21(9-7-20)19-14-12(22(23)24)13(16-10-17-14)18-11-2-4-15-5-3-11/h2-5,10H,6-9H2,1H3,(H2,15,16,17,18,19). The highest BCUT2D eigenvalue weighted by atomic mass is 16.6. The van der Waals surface area contributed by atoms with Gasteiger partial charge in [0.25, 0.3) is 0 Å². The molecule has 2 aromatic heterocycles. The predicted molar refractivity (Wildman–Crippen MR) is 88.9 cm³/mol. The first-order chi connectivity index (χ1) is 11.6. The Kier molecular flexibility index (Phi) is 4.77. The van der Waals surface area contributed by atoms with Crippen LogP contribution in [0.25, 0.3) is 0 Å². The second kappa shape index (κ2) is 7.15. The van der Waals surface area contributed by atoms with Crippen molar-refractivity contribution in [2.75, 3.05) is 44.0 Å². The molecule has 10 nitrogen and oxygen atoms in total. The lowest BCUT2D eigenvalue weighted by atomic mass is 10.3. The number of hydrogen-bond donors (Lipinski definition) is 2. The van der Waals surface area contributed by atoms with Gasteiger partial charge >= 0.3 is 5.69 Å². The first-order valence-corrected chi connectivity index (χ1v) is 7.50. The van der Waals surface area contributed by atoms with E-state index in [1.165, 1.54) is 6.33 Å². The summed E-state index contributed by atoms with van der Waals surface area (Å²) in [5, 5.41) is 16.4. The maximum atomic E-state index is 11.5. The summed E-state index contributed by atoms with van der Waals surface area (Å²) in [7, 11) is 2.04. The third-order valence-corrected chi connectivity index (χ3v) is 3.72. The Morgan fingerprint density at radius 3 is 2.46 bits per heavy atom. The van der Waals surface area contributed by atoms with Crippen LogP contribution in [0.3, 0.4) is 0 Å². The van der Waals surface area contributed by atoms with Crippen LogP contribution in [0.5, 0.6) is 0 Å². The number of nitrogens with zero attached hydrogens (tertiary/aromatic N) is 6. The van der Waals surface area contributed by atoms with Gasteiger partial charge in [0.2, 0.25) is 11.6 Å². The Hall–Kier alpha value is -2.85. The zero-order valence-electron chi connectivity index (χ0n) is 13.2. The summed E-state index contributed by atoms with van der Waals surface area (Å²) in [4.78, 5) is 25.2. The van der Waals surface area contributed by atoms with Crippen molar-refractivity contribution in [3.63, 3.8) is 0 Å². The lowest BCUT2D eigenvalue weighted by Gasteiger charge is -2.32. The number of hydrazine groups is 1. The molecule has 2 N–H and O–H groups in total. The molecule has 10 heteroatoms. The molecule has 24 heavy (non-hydrogen) atoms. The number of pyridine rings is 1. The third-order valence-electron chi connectivity index (χ3n) is 3.72. The second-order valence-corrected chi connectivity index (χ2v) is 5.44. The SMILES string of the molecule is CN1CCN(Nc2ncnc(Nc3ccncc3)c2[N+](=O)[O-])CC1. The van der Waals surface area contributed by atoms with E-state index < -0.39 is 4.92 Å².